The average Bonchev–Trinajstić information content (AvgIpc) is 2.40. The van der Waals surface area contributed by atoms with E-state index in [0.717, 1.165) is 31.7 Å². The Hall–Kier alpha value is -1.79. The summed E-state index contributed by atoms with van der Waals surface area (Å²) < 4.78 is 38.1. The second-order valence-electron chi connectivity index (χ2n) is 5.50. The zero-order chi connectivity index (χ0) is 15.6. The van der Waals surface area contributed by atoms with Gasteiger partial charge in [0, 0.05) is 6.04 Å². The maximum absolute atomic E-state index is 12.7. The normalized spacial score (nSPS) is 22.9. The smallest absolute Gasteiger partial charge is 0.433 e. The number of rotatable bonds is 3. The van der Waals surface area contributed by atoms with Crippen LogP contribution in [-0.2, 0) is 6.18 Å². The van der Waals surface area contributed by atoms with E-state index in [-0.39, 0.29) is 17.4 Å². The molecule has 1 saturated carbocycles. The molecule has 1 aromatic rings. The number of hydrogen-bond acceptors (Lipinski definition) is 3. The summed E-state index contributed by atoms with van der Waals surface area (Å²) in [6.45, 7) is 2.13. The Labute approximate surface area is 120 Å². The number of alkyl halides is 3. The fourth-order valence-corrected chi connectivity index (χ4v) is 2.50. The summed E-state index contributed by atoms with van der Waals surface area (Å²) in [5.74, 6) is -0.892. The Kier molecular flexibility index (Phi) is 4.39. The van der Waals surface area contributed by atoms with Crippen LogP contribution in [0.15, 0.2) is 12.1 Å². The summed E-state index contributed by atoms with van der Waals surface area (Å²) in [6, 6.07) is 1.61. The van der Waals surface area contributed by atoms with Gasteiger partial charge in [-0.25, -0.2) is 9.78 Å². The molecule has 0 aromatic carbocycles. The minimum Gasteiger partial charge on any atom is -0.478 e. The SMILES string of the molecule is CC1CCC(Nc2nc(C(F)(F)F)ccc2C(=O)O)CC1. The molecule has 2 N–H and O–H groups in total. The van der Waals surface area contributed by atoms with Gasteiger partial charge in [-0.15, -0.1) is 0 Å². The molecule has 0 spiro atoms. The Bertz CT molecular complexity index is 523. The van der Waals surface area contributed by atoms with Crippen molar-refractivity contribution in [2.75, 3.05) is 5.32 Å². The van der Waals surface area contributed by atoms with Crippen molar-refractivity contribution < 1.29 is 23.1 Å². The van der Waals surface area contributed by atoms with Crippen LogP contribution < -0.4 is 5.32 Å². The van der Waals surface area contributed by atoms with Crippen LogP contribution in [0.1, 0.15) is 48.7 Å². The van der Waals surface area contributed by atoms with Gasteiger partial charge in [-0.05, 0) is 43.7 Å². The number of pyridine rings is 1. The van der Waals surface area contributed by atoms with Crippen molar-refractivity contribution in [2.45, 2.75) is 44.8 Å². The third kappa shape index (κ3) is 3.86. The van der Waals surface area contributed by atoms with Crippen LogP contribution in [0, 0.1) is 5.92 Å². The van der Waals surface area contributed by atoms with E-state index in [2.05, 4.69) is 17.2 Å². The Balaban J connectivity index is 2.24. The molecule has 1 fully saturated rings. The lowest BCUT2D eigenvalue weighted by Crippen LogP contribution is -2.27. The third-order valence-electron chi connectivity index (χ3n) is 3.77. The van der Waals surface area contributed by atoms with Gasteiger partial charge < -0.3 is 10.4 Å². The molecule has 0 unspecified atom stereocenters. The average molecular weight is 302 g/mol. The third-order valence-corrected chi connectivity index (χ3v) is 3.77. The lowest BCUT2D eigenvalue weighted by Gasteiger charge is -2.28. The Morgan fingerprint density at radius 2 is 1.90 bits per heavy atom. The van der Waals surface area contributed by atoms with Crippen LogP contribution in [0.25, 0.3) is 0 Å². The summed E-state index contributed by atoms with van der Waals surface area (Å²) in [4.78, 5) is 14.6. The van der Waals surface area contributed by atoms with E-state index >= 15 is 0 Å². The second kappa shape index (κ2) is 5.91. The monoisotopic (exact) mass is 302 g/mol. The summed E-state index contributed by atoms with van der Waals surface area (Å²) in [6.07, 6.45) is -1.04. The molecule has 1 aliphatic carbocycles. The van der Waals surface area contributed by atoms with Crippen molar-refractivity contribution in [2.24, 2.45) is 5.92 Å². The molecule has 0 aliphatic heterocycles. The van der Waals surface area contributed by atoms with E-state index in [0.29, 0.717) is 12.0 Å². The molecule has 2 rings (SSSR count). The van der Waals surface area contributed by atoms with Crippen LogP contribution in [0.4, 0.5) is 19.0 Å². The first-order chi connectivity index (χ1) is 9.77. The van der Waals surface area contributed by atoms with Gasteiger partial charge in [-0.2, -0.15) is 13.2 Å². The van der Waals surface area contributed by atoms with Crippen molar-refractivity contribution in [3.05, 3.63) is 23.4 Å². The molecule has 0 radical (unpaired) electrons. The van der Waals surface area contributed by atoms with Crippen LogP contribution in [0.3, 0.4) is 0 Å². The van der Waals surface area contributed by atoms with E-state index in [1.165, 1.54) is 0 Å². The highest BCUT2D eigenvalue weighted by Crippen LogP contribution is 2.31. The Morgan fingerprint density at radius 3 is 2.43 bits per heavy atom. The predicted octanol–water partition coefficient (Wildman–Crippen LogP) is 3.79. The number of nitrogens with zero attached hydrogens (tertiary/aromatic N) is 1. The highest BCUT2D eigenvalue weighted by Gasteiger charge is 2.34. The first-order valence-electron chi connectivity index (χ1n) is 6.85. The highest BCUT2D eigenvalue weighted by atomic mass is 19.4. The summed E-state index contributed by atoms with van der Waals surface area (Å²) in [7, 11) is 0. The molecule has 116 valence electrons. The molecule has 4 nitrogen and oxygen atoms in total. The van der Waals surface area contributed by atoms with Crippen molar-refractivity contribution in [1.29, 1.82) is 0 Å². The quantitative estimate of drug-likeness (QED) is 0.891. The van der Waals surface area contributed by atoms with Gasteiger partial charge in [0.2, 0.25) is 0 Å². The number of nitrogens with one attached hydrogen (secondary N) is 1. The lowest BCUT2D eigenvalue weighted by atomic mass is 9.87. The first-order valence-corrected chi connectivity index (χ1v) is 6.85. The number of aromatic nitrogens is 1. The fraction of sp³-hybridized carbons (Fsp3) is 0.571. The summed E-state index contributed by atoms with van der Waals surface area (Å²) in [5.41, 5.74) is -1.32. The molecular weight excluding hydrogens is 285 g/mol. The number of aromatic carboxylic acids is 1. The molecule has 0 bridgehead atoms. The second-order valence-corrected chi connectivity index (χ2v) is 5.50. The number of halogens is 3. The van der Waals surface area contributed by atoms with E-state index in [4.69, 9.17) is 5.11 Å². The Morgan fingerprint density at radius 1 is 1.29 bits per heavy atom. The molecule has 1 aromatic heterocycles. The topological polar surface area (TPSA) is 62.2 Å². The molecule has 1 aliphatic rings. The number of carboxylic acid groups (broad SMARTS) is 1. The molecule has 0 amide bonds. The fourth-order valence-electron chi connectivity index (χ4n) is 2.50. The van der Waals surface area contributed by atoms with Gasteiger partial charge in [-0.3, -0.25) is 0 Å². The van der Waals surface area contributed by atoms with Crippen molar-refractivity contribution in [1.82, 2.24) is 4.98 Å². The lowest BCUT2D eigenvalue weighted by molar-refractivity contribution is -0.141. The van der Waals surface area contributed by atoms with Gasteiger partial charge >= 0.3 is 12.1 Å². The van der Waals surface area contributed by atoms with Crippen molar-refractivity contribution in [3.8, 4) is 0 Å². The number of hydrogen-bond donors (Lipinski definition) is 2. The molecule has 0 atom stereocenters. The van der Waals surface area contributed by atoms with E-state index in [1.54, 1.807) is 0 Å². The van der Waals surface area contributed by atoms with Gasteiger partial charge in [0.05, 0.1) is 0 Å². The van der Waals surface area contributed by atoms with Crippen molar-refractivity contribution in [3.63, 3.8) is 0 Å². The maximum Gasteiger partial charge on any atom is 0.433 e. The summed E-state index contributed by atoms with van der Waals surface area (Å²) >= 11 is 0. The standard InChI is InChI=1S/C14H17F3N2O2/c1-8-2-4-9(5-3-8)18-12-10(13(20)21)6-7-11(19-12)14(15,16)17/h6-9H,2-5H2,1H3,(H,18,19)(H,20,21). The van der Waals surface area contributed by atoms with Crippen LogP contribution in [-0.4, -0.2) is 22.1 Å². The van der Waals surface area contributed by atoms with E-state index in [9.17, 15) is 18.0 Å². The predicted molar refractivity (Wildman–Crippen MR) is 71.2 cm³/mol. The zero-order valence-electron chi connectivity index (χ0n) is 11.6. The number of carboxylic acids is 1. The van der Waals surface area contributed by atoms with E-state index < -0.39 is 17.8 Å². The van der Waals surface area contributed by atoms with Crippen LogP contribution in [0.5, 0.6) is 0 Å². The number of carbonyl (C=O) groups is 1. The molecular formula is C14H17F3N2O2. The zero-order valence-corrected chi connectivity index (χ0v) is 11.6. The van der Waals surface area contributed by atoms with Gasteiger partial charge in [0.1, 0.15) is 17.1 Å². The van der Waals surface area contributed by atoms with Crippen LogP contribution >= 0.6 is 0 Å². The largest absolute Gasteiger partial charge is 0.478 e. The van der Waals surface area contributed by atoms with E-state index in [1.807, 2.05) is 0 Å². The molecule has 0 saturated heterocycles. The first kappa shape index (κ1) is 15.6. The summed E-state index contributed by atoms with van der Waals surface area (Å²) in [5, 5.41) is 11.9. The van der Waals surface area contributed by atoms with Gasteiger partial charge in [0.25, 0.3) is 0 Å². The van der Waals surface area contributed by atoms with Gasteiger partial charge in [0.15, 0.2) is 0 Å². The molecule has 7 heteroatoms. The van der Waals surface area contributed by atoms with Crippen LogP contribution in [0.2, 0.25) is 0 Å². The minimum atomic E-state index is -4.59. The van der Waals surface area contributed by atoms with Gasteiger partial charge in [-0.1, -0.05) is 6.92 Å². The molecule has 21 heavy (non-hydrogen) atoms. The highest BCUT2D eigenvalue weighted by molar-refractivity contribution is 5.93. The molecule has 1 heterocycles. The maximum atomic E-state index is 12.7. The number of anilines is 1. The minimum absolute atomic E-state index is 0.0321. The van der Waals surface area contributed by atoms with Crippen molar-refractivity contribution >= 4 is 11.8 Å².